The first-order valence-electron chi connectivity index (χ1n) is 11.0. The molecule has 0 unspecified atom stereocenters. The number of benzene rings is 1. The second-order valence-electron chi connectivity index (χ2n) is 9.71. The van der Waals surface area contributed by atoms with Crippen molar-refractivity contribution in [1.82, 2.24) is 10.3 Å². The summed E-state index contributed by atoms with van der Waals surface area (Å²) < 4.78 is 0. The van der Waals surface area contributed by atoms with E-state index in [0.29, 0.717) is 17.8 Å². The van der Waals surface area contributed by atoms with Gasteiger partial charge in [-0.3, -0.25) is 9.59 Å². The van der Waals surface area contributed by atoms with Crippen LogP contribution < -0.4 is 10.6 Å². The highest BCUT2D eigenvalue weighted by molar-refractivity contribution is 7.09. The van der Waals surface area contributed by atoms with E-state index in [-0.39, 0.29) is 17.2 Å². The Bertz CT molecular complexity index is 930. The van der Waals surface area contributed by atoms with Gasteiger partial charge in [0.25, 0.3) is 0 Å². The number of carbonyl (C=O) groups excluding carboxylic acids is 2. The number of carbonyl (C=O) groups is 2. The lowest BCUT2D eigenvalue weighted by atomic mass is 9.49. The quantitative estimate of drug-likeness (QED) is 0.727. The van der Waals surface area contributed by atoms with Gasteiger partial charge in [-0.05, 0) is 82.3 Å². The fourth-order valence-corrected chi connectivity index (χ4v) is 6.90. The molecule has 1 aromatic heterocycles. The van der Waals surface area contributed by atoms with Crippen LogP contribution in [0.15, 0.2) is 29.6 Å². The van der Waals surface area contributed by atoms with E-state index in [1.807, 2.05) is 36.6 Å². The maximum Gasteiger partial charge on any atom is 0.246 e. The minimum absolute atomic E-state index is 0.0958. The number of anilines is 1. The van der Waals surface area contributed by atoms with Gasteiger partial charge in [-0.25, -0.2) is 4.98 Å². The molecule has 0 aliphatic heterocycles. The van der Waals surface area contributed by atoms with E-state index >= 15 is 0 Å². The summed E-state index contributed by atoms with van der Waals surface area (Å²) in [6.07, 6.45) is 6.95. The van der Waals surface area contributed by atoms with Crippen molar-refractivity contribution in [2.75, 3.05) is 5.32 Å². The second kappa shape index (κ2) is 7.49. The van der Waals surface area contributed by atoms with Gasteiger partial charge >= 0.3 is 0 Å². The largest absolute Gasteiger partial charge is 0.344 e. The standard InChI is InChI=1S/C24H29N3O2S/c1-14(25-23(29)24-10-16-7-17(11-24)9-18(8-16)12-24)22(28)27-20-5-3-19(4-6-20)21-13-30-15(2)26-21/h3-6,13-14,16-18H,7-12H2,1-2H3,(H,25,29)(H,27,28)/t14-,16?,17?,18?,24?/m0/s1. The van der Waals surface area contributed by atoms with E-state index < -0.39 is 6.04 Å². The topological polar surface area (TPSA) is 71.1 Å². The molecule has 2 N–H and O–H groups in total. The number of hydrogen-bond donors (Lipinski definition) is 2. The van der Waals surface area contributed by atoms with Crippen LogP contribution in [0, 0.1) is 30.1 Å². The van der Waals surface area contributed by atoms with Gasteiger partial charge in [0, 0.05) is 22.0 Å². The fraction of sp³-hybridized carbons (Fsp3) is 0.542. The predicted molar refractivity (Wildman–Crippen MR) is 119 cm³/mol. The lowest BCUT2D eigenvalue weighted by Crippen LogP contribution is -2.56. The van der Waals surface area contributed by atoms with Crippen LogP contribution in [0.3, 0.4) is 0 Å². The third kappa shape index (κ3) is 3.66. The van der Waals surface area contributed by atoms with Crippen LogP contribution in [0.25, 0.3) is 11.3 Å². The minimum Gasteiger partial charge on any atom is -0.344 e. The third-order valence-electron chi connectivity index (χ3n) is 7.33. The van der Waals surface area contributed by atoms with Crippen molar-refractivity contribution < 1.29 is 9.59 Å². The number of hydrogen-bond acceptors (Lipinski definition) is 4. The summed E-state index contributed by atoms with van der Waals surface area (Å²) in [6.45, 7) is 3.77. The number of thiazole rings is 1. The average molecular weight is 424 g/mol. The molecule has 4 saturated carbocycles. The Morgan fingerprint density at radius 3 is 2.20 bits per heavy atom. The van der Waals surface area contributed by atoms with E-state index in [4.69, 9.17) is 0 Å². The zero-order valence-corrected chi connectivity index (χ0v) is 18.4. The molecule has 5 nitrogen and oxygen atoms in total. The summed E-state index contributed by atoms with van der Waals surface area (Å²) in [5.41, 5.74) is 2.48. The van der Waals surface area contributed by atoms with Crippen molar-refractivity contribution in [1.29, 1.82) is 0 Å². The Labute approximate surface area is 181 Å². The molecule has 4 aliphatic rings. The highest BCUT2D eigenvalue weighted by Gasteiger charge is 2.54. The summed E-state index contributed by atoms with van der Waals surface area (Å²) in [7, 11) is 0. The third-order valence-corrected chi connectivity index (χ3v) is 8.10. The van der Waals surface area contributed by atoms with Crippen LogP contribution in [0.1, 0.15) is 50.5 Å². The highest BCUT2D eigenvalue weighted by atomic mass is 32.1. The lowest BCUT2D eigenvalue weighted by Gasteiger charge is -2.55. The number of amides is 2. The molecule has 0 spiro atoms. The Morgan fingerprint density at radius 1 is 1.07 bits per heavy atom. The van der Waals surface area contributed by atoms with Crippen molar-refractivity contribution in [2.45, 2.75) is 58.4 Å². The molecule has 6 rings (SSSR count). The lowest BCUT2D eigenvalue weighted by molar-refractivity contribution is -0.147. The van der Waals surface area contributed by atoms with Crippen LogP contribution in [-0.4, -0.2) is 22.8 Å². The predicted octanol–water partition coefficient (Wildman–Crippen LogP) is 4.78. The van der Waals surface area contributed by atoms with Crippen LogP contribution in [-0.2, 0) is 9.59 Å². The average Bonchev–Trinajstić information content (AvgIpc) is 3.13. The second-order valence-corrected chi connectivity index (χ2v) is 10.8. The SMILES string of the molecule is Cc1nc(-c2ccc(NC(=O)[C@H](C)NC(=O)C34CC5CC(CC(C5)C3)C4)cc2)cs1. The molecule has 4 aliphatic carbocycles. The smallest absolute Gasteiger partial charge is 0.246 e. The van der Waals surface area contributed by atoms with E-state index in [1.165, 1.54) is 19.3 Å². The molecule has 1 aromatic carbocycles. The molecule has 4 bridgehead atoms. The molecule has 30 heavy (non-hydrogen) atoms. The first kappa shape index (κ1) is 19.7. The van der Waals surface area contributed by atoms with E-state index in [0.717, 1.165) is 41.2 Å². The summed E-state index contributed by atoms with van der Waals surface area (Å²) in [5.74, 6) is 2.06. The van der Waals surface area contributed by atoms with Crippen molar-refractivity contribution >= 4 is 28.8 Å². The van der Waals surface area contributed by atoms with Gasteiger partial charge in [-0.1, -0.05) is 12.1 Å². The van der Waals surface area contributed by atoms with Crippen LogP contribution in [0.5, 0.6) is 0 Å². The van der Waals surface area contributed by atoms with Crippen molar-refractivity contribution in [3.05, 3.63) is 34.7 Å². The molecule has 0 saturated heterocycles. The molecular weight excluding hydrogens is 394 g/mol. The summed E-state index contributed by atoms with van der Waals surface area (Å²) in [5, 5.41) is 9.04. The Balaban J connectivity index is 1.20. The number of rotatable bonds is 5. The summed E-state index contributed by atoms with van der Waals surface area (Å²) in [4.78, 5) is 30.4. The van der Waals surface area contributed by atoms with E-state index in [1.54, 1.807) is 18.3 Å². The van der Waals surface area contributed by atoms with Crippen molar-refractivity contribution in [2.24, 2.45) is 23.2 Å². The molecule has 2 aromatic rings. The van der Waals surface area contributed by atoms with Crippen molar-refractivity contribution in [3.63, 3.8) is 0 Å². The van der Waals surface area contributed by atoms with Crippen LogP contribution >= 0.6 is 11.3 Å². The molecule has 1 heterocycles. The zero-order chi connectivity index (χ0) is 20.9. The number of nitrogens with zero attached hydrogens (tertiary/aromatic N) is 1. The first-order chi connectivity index (χ1) is 14.4. The van der Waals surface area contributed by atoms with Gasteiger partial charge in [0.2, 0.25) is 11.8 Å². The minimum atomic E-state index is -0.550. The molecule has 4 fully saturated rings. The first-order valence-corrected chi connectivity index (χ1v) is 11.9. The van der Waals surface area contributed by atoms with Gasteiger partial charge in [-0.15, -0.1) is 11.3 Å². The Kier molecular flexibility index (Phi) is 4.92. The van der Waals surface area contributed by atoms with Gasteiger partial charge in [0.15, 0.2) is 0 Å². The van der Waals surface area contributed by atoms with Crippen LogP contribution in [0.2, 0.25) is 0 Å². The maximum atomic E-state index is 13.2. The number of aromatic nitrogens is 1. The van der Waals surface area contributed by atoms with Crippen molar-refractivity contribution in [3.8, 4) is 11.3 Å². The molecule has 1 atom stereocenters. The van der Waals surface area contributed by atoms with Crippen LogP contribution in [0.4, 0.5) is 5.69 Å². The van der Waals surface area contributed by atoms with Gasteiger partial charge in [0.05, 0.1) is 10.7 Å². The number of aryl methyl sites for hydroxylation is 1. The normalized spacial score (nSPS) is 30.1. The Morgan fingerprint density at radius 2 is 1.67 bits per heavy atom. The molecule has 2 amide bonds. The monoisotopic (exact) mass is 423 g/mol. The highest BCUT2D eigenvalue weighted by Crippen LogP contribution is 2.60. The van der Waals surface area contributed by atoms with Gasteiger partial charge in [0.1, 0.15) is 6.04 Å². The van der Waals surface area contributed by atoms with Gasteiger partial charge < -0.3 is 10.6 Å². The molecule has 0 radical (unpaired) electrons. The Hall–Kier alpha value is -2.21. The summed E-state index contributed by atoms with van der Waals surface area (Å²) in [6, 6.07) is 7.14. The molecule has 158 valence electrons. The fourth-order valence-electron chi connectivity index (χ4n) is 6.27. The van der Waals surface area contributed by atoms with Gasteiger partial charge in [-0.2, -0.15) is 0 Å². The van der Waals surface area contributed by atoms with E-state index in [9.17, 15) is 9.59 Å². The zero-order valence-electron chi connectivity index (χ0n) is 17.6. The number of nitrogens with one attached hydrogen (secondary N) is 2. The summed E-state index contributed by atoms with van der Waals surface area (Å²) >= 11 is 1.62. The molecule has 6 heteroatoms. The maximum absolute atomic E-state index is 13.2. The van der Waals surface area contributed by atoms with E-state index in [2.05, 4.69) is 15.6 Å². The molecular formula is C24H29N3O2S.